The van der Waals surface area contributed by atoms with Gasteiger partial charge >= 0.3 is 6.03 Å². The number of carbonyl (C=O) groups excluding carboxylic acids is 2. The van der Waals surface area contributed by atoms with E-state index in [9.17, 15) is 9.59 Å². The van der Waals surface area contributed by atoms with E-state index in [2.05, 4.69) is 30.5 Å². The van der Waals surface area contributed by atoms with Crippen molar-refractivity contribution in [1.29, 1.82) is 0 Å². The molecule has 1 aromatic heterocycles. The van der Waals surface area contributed by atoms with E-state index in [4.69, 9.17) is 4.74 Å². The zero-order valence-electron chi connectivity index (χ0n) is 17.6. The number of urea groups is 1. The lowest BCUT2D eigenvalue weighted by Crippen LogP contribution is -2.49. The van der Waals surface area contributed by atoms with Crippen molar-refractivity contribution in [2.45, 2.75) is 19.4 Å². The highest BCUT2D eigenvalue weighted by Crippen LogP contribution is 2.38. The number of amides is 3. The quantitative estimate of drug-likeness (QED) is 0.728. The molecule has 3 amide bonds. The molecule has 1 atom stereocenters. The molecule has 0 aliphatic carbocycles. The number of thiophene rings is 1. The summed E-state index contributed by atoms with van der Waals surface area (Å²) >= 11 is 1.75. The molecule has 1 unspecified atom stereocenters. The summed E-state index contributed by atoms with van der Waals surface area (Å²) in [6, 6.07) is 10.1. The fourth-order valence-electron chi connectivity index (χ4n) is 3.79. The van der Waals surface area contributed by atoms with Crippen LogP contribution < -0.4 is 0 Å². The second-order valence-corrected chi connectivity index (χ2v) is 8.49. The molecule has 1 aliphatic heterocycles. The Morgan fingerprint density at radius 3 is 2.66 bits per heavy atom. The maximum Gasteiger partial charge on any atom is 0.320 e. The molecular formula is C22H29N3O3S. The molecule has 0 bridgehead atoms. The Hall–Kier alpha value is -2.38. The Balaban J connectivity index is 1.90. The van der Waals surface area contributed by atoms with Gasteiger partial charge in [-0.15, -0.1) is 11.3 Å². The minimum atomic E-state index is -0.184. The number of hydrogen-bond acceptors (Lipinski definition) is 4. The lowest BCUT2D eigenvalue weighted by atomic mass is 9.90. The van der Waals surface area contributed by atoms with E-state index in [1.54, 1.807) is 37.4 Å². The number of aryl methyl sites for hydroxylation is 1. The molecule has 2 aromatic rings. The van der Waals surface area contributed by atoms with Crippen LogP contribution in [0.25, 0.3) is 0 Å². The highest BCUT2D eigenvalue weighted by Gasteiger charge is 2.34. The van der Waals surface area contributed by atoms with Crippen LogP contribution in [0.1, 0.15) is 27.6 Å². The number of hydrogen-bond donors (Lipinski definition) is 0. The summed E-state index contributed by atoms with van der Waals surface area (Å²) in [7, 11) is 4.99. The normalized spacial score (nSPS) is 15.7. The predicted molar refractivity (Wildman–Crippen MR) is 115 cm³/mol. The smallest absolute Gasteiger partial charge is 0.320 e. The van der Waals surface area contributed by atoms with Crippen molar-refractivity contribution in [3.8, 4) is 0 Å². The van der Waals surface area contributed by atoms with Crippen molar-refractivity contribution in [3.05, 3.63) is 57.3 Å². The Kier molecular flexibility index (Phi) is 6.92. The van der Waals surface area contributed by atoms with Crippen LogP contribution in [0.2, 0.25) is 0 Å². The van der Waals surface area contributed by atoms with Crippen molar-refractivity contribution >= 4 is 23.3 Å². The molecule has 7 heteroatoms. The first-order valence-corrected chi connectivity index (χ1v) is 10.7. The molecule has 0 radical (unpaired) electrons. The molecule has 0 saturated carbocycles. The standard InChI is InChI=1S/C22H29N3O3S/c1-16-7-5-6-8-17(16)21-18-10-14-29-19(18)9-11-25(21)20(26)15-24(12-13-28-4)22(27)23(2)3/h5-8,10,14,21H,9,11-13,15H2,1-4H3. The second-order valence-electron chi connectivity index (χ2n) is 7.49. The number of benzene rings is 1. The van der Waals surface area contributed by atoms with Gasteiger partial charge in [-0.1, -0.05) is 24.3 Å². The van der Waals surface area contributed by atoms with E-state index < -0.39 is 0 Å². The van der Waals surface area contributed by atoms with E-state index >= 15 is 0 Å². The summed E-state index contributed by atoms with van der Waals surface area (Å²) in [5.41, 5.74) is 3.50. The molecule has 1 aromatic carbocycles. The number of rotatable bonds is 6. The fourth-order valence-corrected chi connectivity index (χ4v) is 4.70. The molecule has 0 fully saturated rings. The van der Waals surface area contributed by atoms with Gasteiger partial charge in [0.1, 0.15) is 6.54 Å². The average Bonchev–Trinajstić information content (AvgIpc) is 3.19. The molecular weight excluding hydrogens is 386 g/mol. The van der Waals surface area contributed by atoms with Gasteiger partial charge in [-0.05, 0) is 41.5 Å². The summed E-state index contributed by atoms with van der Waals surface area (Å²) in [5, 5.41) is 2.10. The third-order valence-corrected chi connectivity index (χ3v) is 6.31. The fraction of sp³-hybridized carbons (Fsp3) is 0.455. The topological polar surface area (TPSA) is 53.1 Å². The van der Waals surface area contributed by atoms with Gasteiger partial charge in [0, 0.05) is 39.2 Å². The van der Waals surface area contributed by atoms with Crippen molar-refractivity contribution in [2.75, 3.05) is 47.4 Å². The number of nitrogens with zero attached hydrogens (tertiary/aromatic N) is 3. The van der Waals surface area contributed by atoms with Gasteiger partial charge in [-0.2, -0.15) is 0 Å². The lowest BCUT2D eigenvalue weighted by Gasteiger charge is -2.38. The SMILES string of the molecule is COCCN(CC(=O)N1CCc2sccc2C1c1ccccc1C)C(=O)N(C)C. The van der Waals surface area contributed by atoms with Crippen molar-refractivity contribution in [1.82, 2.24) is 14.7 Å². The van der Waals surface area contributed by atoms with Crippen LogP contribution in [-0.2, 0) is 16.0 Å². The van der Waals surface area contributed by atoms with Gasteiger partial charge in [-0.3, -0.25) is 4.79 Å². The summed E-state index contributed by atoms with van der Waals surface area (Å²) in [6.45, 7) is 3.55. The minimum Gasteiger partial charge on any atom is -0.383 e. The van der Waals surface area contributed by atoms with Crippen LogP contribution in [0.15, 0.2) is 35.7 Å². The zero-order chi connectivity index (χ0) is 21.0. The second kappa shape index (κ2) is 9.41. The third-order valence-electron chi connectivity index (χ3n) is 5.31. The Morgan fingerprint density at radius 2 is 1.97 bits per heavy atom. The molecule has 29 heavy (non-hydrogen) atoms. The van der Waals surface area contributed by atoms with Gasteiger partial charge < -0.3 is 19.4 Å². The summed E-state index contributed by atoms with van der Waals surface area (Å²) in [4.78, 5) is 32.3. The lowest BCUT2D eigenvalue weighted by molar-refractivity contribution is -0.134. The van der Waals surface area contributed by atoms with Crippen LogP contribution >= 0.6 is 11.3 Å². The van der Waals surface area contributed by atoms with Crippen molar-refractivity contribution in [3.63, 3.8) is 0 Å². The van der Waals surface area contributed by atoms with Gasteiger partial charge in [-0.25, -0.2) is 4.79 Å². The van der Waals surface area contributed by atoms with Crippen LogP contribution in [0.4, 0.5) is 4.79 Å². The molecule has 6 nitrogen and oxygen atoms in total. The van der Waals surface area contributed by atoms with Crippen LogP contribution in [-0.4, -0.2) is 74.1 Å². The van der Waals surface area contributed by atoms with E-state index in [0.717, 1.165) is 17.5 Å². The minimum absolute atomic E-state index is 0.0404. The van der Waals surface area contributed by atoms with Gasteiger partial charge in [0.05, 0.1) is 12.6 Å². The first-order chi connectivity index (χ1) is 13.9. The Bertz CT molecular complexity index is 864. The van der Waals surface area contributed by atoms with Crippen LogP contribution in [0.3, 0.4) is 0 Å². The number of methoxy groups -OCH3 is 1. The monoisotopic (exact) mass is 415 g/mol. The highest BCUT2D eigenvalue weighted by atomic mass is 32.1. The summed E-state index contributed by atoms with van der Waals surface area (Å²) in [6.07, 6.45) is 0.848. The van der Waals surface area contributed by atoms with Crippen LogP contribution in [0, 0.1) is 6.92 Å². The van der Waals surface area contributed by atoms with Gasteiger partial charge in [0.25, 0.3) is 0 Å². The number of ether oxygens (including phenoxy) is 1. The first-order valence-electron chi connectivity index (χ1n) is 9.80. The molecule has 0 spiro atoms. The first kappa shape index (κ1) is 21.3. The highest BCUT2D eigenvalue weighted by molar-refractivity contribution is 7.10. The van der Waals surface area contributed by atoms with Crippen molar-refractivity contribution < 1.29 is 14.3 Å². The zero-order valence-corrected chi connectivity index (χ0v) is 18.4. The van der Waals surface area contributed by atoms with Crippen molar-refractivity contribution in [2.24, 2.45) is 0 Å². The maximum absolute atomic E-state index is 13.4. The summed E-state index contributed by atoms with van der Waals surface area (Å²) in [5.74, 6) is -0.0404. The summed E-state index contributed by atoms with van der Waals surface area (Å²) < 4.78 is 5.14. The van der Waals surface area contributed by atoms with E-state index in [0.29, 0.717) is 19.7 Å². The largest absolute Gasteiger partial charge is 0.383 e. The van der Waals surface area contributed by atoms with E-state index in [-0.39, 0.29) is 24.5 Å². The molecule has 156 valence electrons. The molecule has 2 heterocycles. The van der Waals surface area contributed by atoms with E-state index in [1.165, 1.54) is 15.3 Å². The van der Waals surface area contributed by atoms with Crippen LogP contribution in [0.5, 0.6) is 0 Å². The Morgan fingerprint density at radius 1 is 1.21 bits per heavy atom. The van der Waals surface area contributed by atoms with Gasteiger partial charge in [0.2, 0.25) is 5.91 Å². The molecule has 0 N–H and O–H groups in total. The molecule has 1 aliphatic rings. The predicted octanol–water partition coefficient (Wildman–Crippen LogP) is 3.16. The molecule has 0 saturated heterocycles. The third kappa shape index (κ3) is 4.62. The maximum atomic E-state index is 13.4. The number of carbonyl (C=O) groups is 2. The van der Waals surface area contributed by atoms with Gasteiger partial charge in [0.15, 0.2) is 0 Å². The number of fused-ring (bicyclic) bond motifs is 1. The molecule has 3 rings (SSSR count). The Labute approximate surface area is 176 Å². The van der Waals surface area contributed by atoms with E-state index in [1.807, 2.05) is 17.0 Å². The average molecular weight is 416 g/mol.